The first kappa shape index (κ1) is 11.8. The van der Waals surface area contributed by atoms with Crippen LogP contribution < -0.4 is 5.32 Å². The number of aryl methyl sites for hydroxylation is 2. The molecule has 0 aliphatic carbocycles. The molecular weight excluding hydrogens is 232 g/mol. The number of thiazole rings is 1. The van der Waals surface area contributed by atoms with Crippen LogP contribution in [0.5, 0.6) is 0 Å². The van der Waals surface area contributed by atoms with Gasteiger partial charge in [-0.1, -0.05) is 18.2 Å². The highest BCUT2D eigenvalue weighted by Gasteiger charge is 2.04. The van der Waals surface area contributed by atoms with Gasteiger partial charge in [-0.2, -0.15) is 0 Å². The van der Waals surface area contributed by atoms with Gasteiger partial charge in [-0.15, -0.1) is 11.3 Å². The van der Waals surface area contributed by atoms with E-state index in [-0.39, 0.29) is 5.91 Å². The summed E-state index contributed by atoms with van der Waals surface area (Å²) in [7, 11) is 0. The number of rotatable bonds is 4. The monoisotopic (exact) mass is 246 g/mol. The van der Waals surface area contributed by atoms with Crippen molar-refractivity contribution in [1.29, 1.82) is 0 Å². The number of amides is 1. The van der Waals surface area contributed by atoms with Crippen LogP contribution in [-0.2, 0) is 11.2 Å². The molecule has 0 unspecified atom stereocenters. The molecule has 1 aromatic heterocycles. The minimum Gasteiger partial charge on any atom is -0.326 e. The third-order valence-electron chi connectivity index (χ3n) is 2.33. The van der Waals surface area contributed by atoms with Gasteiger partial charge < -0.3 is 5.32 Å². The van der Waals surface area contributed by atoms with E-state index < -0.39 is 0 Å². The van der Waals surface area contributed by atoms with Crippen LogP contribution in [0, 0.1) is 6.92 Å². The van der Waals surface area contributed by atoms with Gasteiger partial charge in [0.2, 0.25) is 5.91 Å². The van der Waals surface area contributed by atoms with Gasteiger partial charge >= 0.3 is 0 Å². The Hall–Kier alpha value is -1.68. The van der Waals surface area contributed by atoms with Gasteiger partial charge in [0, 0.05) is 17.5 Å². The van der Waals surface area contributed by atoms with E-state index in [1.54, 1.807) is 11.3 Å². The number of anilines is 1. The van der Waals surface area contributed by atoms with Crippen molar-refractivity contribution in [3.8, 4) is 0 Å². The van der Waals surface area contributed by atoms with E-state index >= 15 is 0 Å². The van der Waals surface area contributed by atoms with Crippen LogP contribution in [0.25, 0.3) is 0 Å². The largest absolute Gasteiger partial charge is 0.326 e. The molecule has 0 bridgehead atoms. The van der Waals surface area contributed by atoms with E-state index in [0.717, 1.165) is 16.4 Å². The zero-order valence-electron chi connectivity index (χ0n) is 9.64. The van der Waals surface area contributed by atoms with Gasteiger partial charge in [0.25, 0.3) is 0 Å². The van der Waals surface area contributed by atoms with Gasteiger partial charge in [0.15, 0.2) is 0 Å². The summed E-state index contributed by atoms with van der Waals surface area (Å²) in [6.45, 7) is 1.97. The van der Waals surface area contributed by atoms with Crippen LogP contribution >= 0.6 is 11.3 Å². The Kier molecular flexibility index (Phi) is 3.88. The maximum absolute atomic E-state index is 11.7. The lowest BCUT2D eigenvalue weighted by molar-refractivity contribution is -0.116. The van der Waals surface area contributed by atoms with Crippen molar-refractivity contribution >= 4 is 22.9 Å². The molecule has 0 spiro atoms. The molecule has 0 fully saturated rings. The van der Waals surface area contributed by atoms with E-state index in [9.17, 15) is 4.79 Å². The van der Waals surface area contributed by atoms with Crippen molar-refractivity contribution in [2.24, 2.45) is 0 Å². The van der Waals surface area contributed by atoms with Crippen molar-refractivity contribution < 1.29 is 4.79 Å². The highest BCUT2D eigenvalue weighted by atomic mass is 32.1. The van der Waals surface area contributed by atoms with Gasteiger partial charge in [-0.3, -0.25) is 4.79 Å². The predicted octanol–water partition coefficient (Wildman–Crippen LogP) is 3.02. The molecule has 0 aliphatic rings. The van der Waals surface area contributed by atoms with E-state index in [4.69, 9.17) is 0 Å². The zero-order valence-corrected chi connectivity index (χ0v) is 10.5. The lowest BCUT2D eigenvalue weighted by Gasteiger charge is -2.03. The Morgan fingerprint density at radius 3 is 2.76 bits per heavy atom. The summed E-state index contributed by atoms with van der Waals surface area (Å²) in [5, 5.41) is 5.91. The average Bonchev–Trinajstić information content (AvgIpc) is 2.74. The highest BCUT2D eigenvalue weighted by molar-refractivity contribution is 7.09. The first-order valence-electron chi connectivity index (χ1n) is 5.50. The fourth-order valence-corrected chi connectivity index (χ4v) is 2.16. The Morgan fingerprint density at radius 2 is 2.12 bits per heavy atom. The average molecular weight is 246 g/mol. The SMILES string of the molecule is Cc1nc(CCC(=O)Nc2ccccc2)cs1. The van der Waals surface area contributed by atoms with Crippen molar-refractivity contribution in [2.45, 2.75) is 19.8 Å². The molecule has 1 aromatic carbocycles. The summed E-state index contributed by atoms with van der Waals surface area (Å²) in [5.74, 6) is 0.0295. The minimum absolute atomic E-state index is 0.0295. The molecule has 0 atom stereocenters. The van der Waals surface area contributed by atoms with Crippen LogP contribution in [0.4, 0.5) is 5.69 Å². The van der Waals surface area contributed by atoms with Gasteiger partial charge in [-0.25, -0.2) is 4.98 Å². The van der Waals surface area contributed by atoms with Gasteiger partial charge in [0.1, 0.15) is 0 Å². The van der Waals surface area contributed by atoms with Crippen molar-refractivity contribution in [2.75, 3.05) is 5.32 Å². The van der Waals surface area contributed by atoms with E-state index in [0.29, 0.717) is 12.8 Å². The number of benzene rings is 1. The quantitative estimate of drug-likeness (QED) is 0.901. The Bertz CT molecular complexity index is 493. The molecular formula is C13H14N2OS. The number of aromatic nitrogens is 1. The van der Waals surface area contributed by atoms with Crippen LogP contribution in [-0.4, -0.2) is 10.9 Å². The molecule has 17 heavy (non-hydrogen) atoms. The van der Waals surface area contributed by atoms with E-state index in [1.807, 2.05) is 42.6 Å². The molecule has 0 radical (unpaired) electrons. The molecule has 4 heteroatoms. The number of hydrogen-bond donors (Lipinski definition) is 1. The summed E-state index contributed by atoms with van der Waals surface area (Å²) in [6.07, 6.45) is 1.17. The molecule has 88 valence electrons. The molecule has 0 saturated heterocycles. The number of carbonyl (C=O) groups is 1. The first-order valence-corrected chi connectivity index (χ1v) is 6.38. The number of nitrogens with one attached hydrogen (secondary N) is 1. The van der Waals surface area contributed by atoms with E-state index in [2.05, 4.69) is 10.3 Å². The van der Waals surface area contributed by atoms with Gasteiger partial charge in [-0.05, 0) is 25.5 Å². The van der Waals surface area contributed by atoms with Gasteiger partial charge in [0.05, 0.1) is 10.7 Å². The molecule has 1 N–H and O–H groups in total. The third-order valence-corrected chi connectivity index (χ3v) is 3.15. The Morgan fingerprint density at radius 1 is 1.35 bits per heavy atom. The summed E-state index contributed by atoms with van der Waals surface area (Å²) < 4.78 is 0. The number of para-hydroxylation sites is 1. The summed E-state index contributed by atoms with van der Waals surface area (Å²) in [6, 6.07) is 9.49. The van der Waals surface area contributed by atoms with E-state index in [1.165, 1.54) is 0 Å². The maximum Gasteiger partial charge on any atom is 0.224 e. The number of nitrogens with zero attached hydrogens (tertiary/aromatic N) is 1. The number of hydrogen-bond acceptors (Lipinski definition) is 3. The molecule has 3 nitrogen and oxygen atoms in total. The normalized spacial score (nSPS) is 10.2. The third kappa shape index (κ3) is 3.67. The van der Waals surface area contributed by atoms with Crippen LogP contribution in [0.3, 0.4) is 0 Å². The lowest BCUT2D eigenvalue weighted by Crippen LogP contribution is -2.12. The van der Waals surface area contributed by atoms with Crippen LogP contribution in [0.15, 0.2) is 35.7 Å². The standard InChI is InChI=1S/C13H14N2OS/c1-10-14-12(9-17-10)7-8-13(16)15-11-5-3-2-4-6-11/h2-6,9H,7-8H2,1H3,(H,15,16). The fourth-order valence-electron chi connectivity index (χ4n) is 1.51. The molecule has 0 saturated carbocycles. The van der Waals surface area contributed by atoms with Crippen molar-refractivity contribution in [3.05, 3.63) is 46.4 Å². The molecule has 2 rings (SSSR count). The summed E-state index contributed by atoms with van der Waals surface area (Å²) in [5.41, 5.74) is 1.84. The molecule has 1 amide bonds. The molecule has 1 heterocycles. The van der Waals surface area contributed by atoms with Crippen molar-refractivity contribution in [3.63, 3.8) is 0 Å². The predicted molar refractivity (Wildman–Crippen MR) is 70.2 cm³/mol. The highest BCUT2D eigenvalue weighted by Crippen LogP contribution is 2.11. The van der Waals surface area contributed by atoms with Crippen molar-refractivity contribution in [1.82, 2.24) is 4.98 Å². The first-order chi connectivity index (χ1) is 8.24. The second kappa shape index (κ2) is 5.59. The zero-order chi connectivity index (χ0) is 12.1. The topological polar surface area (TPSA) is 42.0 Å². The maximum atomic E-state index is 11.7. The summed E-state index contributed by atoms with van der Waals surface area (Å²) in [4.78, 5) is 16.0. The second-order valence-electron chi connectivity index (χ2n) is 3.77. The fraction of sp³-hybridized carbons (Fsp3) is 0.231. The lowest BCUT2D eigenvalue weighted by atomic mass is 10.2. The molecule has 2 aromatic rings. The van der Waals surface area contributed by atoms with Crippen LogP contribution in [0.2, 0.25) is 0 Å². The second-order valence-corrected chi connectivity index (χ2v) is 4.83. The Labute approximate surface area is 105 Å². The summed E-state index contributed by atoms with van der Waals surface area (Å²) >= 11 is 1.62. The Balaban J connectivity index is 1.82. The smallest absolute Gasteiger partial charge is 0.224 e. The minimum atomic E-state index is 0.0295. The van der Waals surface area contributed by atoms with Crippen LogP contribution in [0.1, 0.15) is 17.1 Å². The number of carbonyl (C=O) groups excluding carboxylic acids is 1. The molecule has 0 aliphatic heterocycles.